The van der Waals surface area contributed by atoms with Crippen molar-refractivity contribution in [3.05, 3.63) is 33.8 Å². The molecule has 0 spiro atoms. The maximum Gasteiger partial charge on any atom is 0.326 e. The highest BCUT2D eigenvalue weighted by molar-refractivity contribution is 6.33. The van der Waals surface area contributed by atoms with Crippen molar-refractivity contribution in [1.82, 2.24) is 5.32 Å². The number of carbonyl (C=O) groups excluding carboxylic acids is 1. The molecular weight excluding hydrogens is 265 g/mol. The molecule has 0 heterocycles. The molecule has 0 bridgehead atoms. The molecule has 1 atom stereocenters. The maximum atomic E-state index is 10.9. The summed E-state index contributed by atoms with van der Waals surface area (Å²) in [6, 6.07) is 3.78. The van der Waals surface area contributed by atoms with Gasteiger partial charge < -0.3 is 10.4 Å². The van der Waals surface area contributed by atoms with E-state index >= 15 is 0 Å². The van der Waals surface area contributed by atoms with E-state index in [9.17, 15) is 9.59 Å². The summed E-state index contributed by atoms with van der Waals surface area (Å²) in [5.74, 6) is -1.52. The molecule has 92 valence electrons. The lowest BCUT2D eigenvalue weighted by Crippen LogP contribution is -2.41. The van der Waals surface area contributed by atoms with Gasteiger partial charge in [-0.2, -0.15) is 0 Å². The minimum Gasteiger partial charge on any atom is -0.480 e. The fourth-order valence-electron chi connectivity index (χ4n) is 1.37. The molecule has 0 radical (unpaired) electrons. The van der Waals surface area contributed by atoms with Crippen molar-refractivity contribution in [3.8, 4) is 0 Å². The van der Waals surface area contributed by atoms with Crippen LogP contribution in [0.1, 0.15) is 12.5 Å². The van der Waals surface area contributed by atoms with E-state index in [-0.39, 0.29) is 6.42 Å². The lowest BCUT2D eigenvalue weighted by molar-refractivity contribution is -0.141. The highest BCUT2D eigenvalue weighted by atomic mass is 35.5. The van der Waals surface area contributed by atoms with Gasteiger partial charge in [-0.05, 0) is 23.8 Å². The zero-order valence-corrected chi connectivity index (χ0v) is 10.5. The molecule has 6 heteroatoms. The molecule has 0 aliphatic heterocycles. The van der Waals surface area contributed by atoms with Crippen molar-refractivity contribution in [1.29, 1.82) is 0 Å². The third kappa shape index (κ3) is 4.24. The number of nitrogens with one attached hydrogen (secondary N) is 1. The van der Waals surface area contributed by atoms with Crippen molar-refractivity contribution < 1.29 is 14.7 Å². The van der Waals surface area contributed by atoms with Crippen LogP contribution in [0.2, 0.25) is 10.0 Å². The van der Waals surface area contributed by atoms with Crippen LogP contribution in [0.3, 0.4) is 0 Å². The van der Waals surface area contributed by atoms with Crippen LogP contribution >= 0.6 is 23.2 Å². The first-order valence-electron chi connectivity index (χ1n) is 4.84. The Morgan fingerprint density at radius 3 is 2.59 bits per heavy atom. The predicted molar refractivity (Wildman–Crippen MR) is 65.4 cm³/mol. The Balaban J connectivity index is 2.89. The van der Waals surface area contributed by atoms with Gasteiger partial charge >= 0.3 is 5.97 Å². The molecule has 0 aromatic heterocycles. The number of hydrogen-bond acceptors (Lipinski definition) is 2. The standard InChI is InChI=1S/C11H11Cl2NO3/c1-6(15)14-10(11(16)17)5-7-4-8(12)2-3-9(7)13/h2-4,10H,5H2,1H3,(H,14,15)(H,16,17)/t10-/m0/s1. The Kier molecular flexibility index (Phi) is 4.78. The Morgan fingerprint density at radius 2 is 2.06 bits per heavy atom. The van der Waals surface area contributed by atoms with Gasteiger partial charge in [0.05, 0.1) is 0 Å². The molecule has 17 heavy (non-hydrogen) atoms. The molecular formula is C11H11Cl2NO3. The first kappa shape index (κ1) is 13.8. The molecule has 1 amide bonds. The molecule has 1 aromatic carbocycles. The van der Waals surface area contributed by atoms with Gasteiger partial charge in [0, 0.05) is 23.4 Å². The molecule has 0 aliphatic rings. The number of carbonyl (C=O) groups is 2. The van der Waals surface area contributed by atoms with Crippen LogP contribution in [0.5, 0.6) is 0 Å². The van der Waals surface area contributed by atoms with Crippen LogP contribution < -0.4 is 5.32 Å². The minimum atomic E-state index is -1.11. The number of amides is 1. The van der Waals surface area contributed by atoms with Gasteiger partial charge in [0.1, 0.15) is 6.04 Å². The van der Waals surface area contributed by atoms with Gasteiger partial charge in [-0.15, -0.1) is 0 Å². The van der Waals surface area contributed by atoms with E-state index in [1.807, 2.05) is 0 Å². The Labute approximate surface area is 109 Å². The van der Waals surface area contributed by atoms with Gasteiger partial charge in [0.2, 0.25) is 5.91 Å². The smallest absolute Gasteiger partial charge is 0.326 e. The van der Waals surface area contributed by atoms with Crippen molar-refractivity contribution in [2.75, 3.05) is 0 Å². The number of benzene rings is 1. The van der Waals surface area contributed by atoms with Gasteiger partial charge in [0.15, 0.2) is 0 Å². The summed E-state index contributed by atoms with van der Waals surface area (Å²) in [6.45, 7) is 1.26. The Hall–Kier alpha value is -1.26. The van der Waals surface area contributed by atoms with E-state index in [0.717, 1.165) is 0 Å². The minimum absolute atomic E-state index is 0.0916. The van der Waals surface area contributed by atoms with Crippen LogP contribution in [0.25, 0.3) is 0 Å². The molecule has 1 rings (SSSR count). The first-order valence-corrected chi connectivity index (χ1v) is 5.59. The molecule has 0 aliphatic carbocycles. The zero-order valence-electron chi connectivity index (χ0n) is 9.04. The number of carboxylic acids is 1. The second kappa shape index (κ2) is 5.89. The van der Waals surface area contributed by atoms with Gasteiger partial charge in [-0.25, -0.2) is 4.79 Å². The van der Waals surface area contributed by atoms with Gasteiger partial charge in [-0.3, -0.25) is 4.79 Å². The number of hydrogen-bond donors (Lipinski definition) is 2. The van der Waals surface area contributed by atoms with E-state index in [4.69, 9.17) is 28.3 Å². The summed E-state index contributed by atoms with van der Waals surface area (Å²) in [4.78, 5) is 21.8. The molecule has 0 saturated heterocycles. The van der Waals surface area contributed by atoms with Crippen molar-refractivity contribution in [2.24, 2.45) is 0 Å². The molecule has 0 fully saturated rings. The summed E-state index contributed by atoms with van der Waals surface area (Å²) in [6.07, 6.45) is 0.0916. The Morgan fingerprint density at radius 1 is 1.41 bits per heavy atom. The van der Waals surface area contributed by atoms with E-state index in [1.54, 1.807) is 18.2 Å². The van der Waals surface area contributed by atoms with E-state index < -0.39 is 17.9 Å². The number of rotatable bonds is 4. The van der Waals surface area contributed by atoms with Crippen molar-refractivity contribution >= 4 is 35.1 Å². The highest BCUT2D eigenvalue weighted by Crippen LogP contribution is 2.21. The second-order valence-electron chi connectivity index (χ2n) is 3.53. The van der Waals surface area contributed by atoms with E-state index in [2.05, 4.69) is 5.32 Å². The Bertz CT molecular complexity index is 448. The number of carboxylic acid groups (broad SMARTS) is 1. The summed E-state index contributed by atoms with van der Waals surface area (Å²) in [5, 5.41) is 12.2. The number of aliphatic carboxylic acids is 1. The third-order valence-electron chi connectivity index (χ3n) is 2.11. The molecule has 4 nitrogen and oxygen atoms in total. The van der Waals surface area contributed by atoms with E-state index in [0.29, 0.717) is 15.6 Å². The molecule has 0 saturated carbocycles. The van der Waals surface area contributed by atoms with Crippen LogP contribution in [-0.2, 0) is 16.0 Å². The van der Waals surface area contributed by atoms with Gasteiger partial charge in [-0.1, -0.05) is 23.2 Å². The fourth-order valence-corrected chi connectivity index (χ4v) is 1.75. The van der Waals surface area contributed by atoms with Crippen molar-refractivity contribution in [2.45, 2.75) is 19.4 Å². The second-order valence-corrected chi connectivity index (χ2v) is 4.37. The lowest BCUT2D eigenvalue weighted by atomic mass is 10.1. The van der Waals surface area contributed by atoms with Gasteiger partial charge in [0.25, 0.3) is 0 Å². The van der Waals surface area contributed by atoms with Crippen LogP contribution in [-0.4, -0.2) is 23.0 Å². The molecule has 1 aromatic rings. The highest BCUT2D eigenvalue weighted by Gasteiger charge is 2.20. The van der Waals surface area contributed by atoms with Crippen LogP contribution in [0.15, 0.2) is 18.2 Å². The average molecular weight is 276 g/mol. The first-order chi connectivity index (χ1) is 7.90. The fraction of sp³-hybridized carbons (Fsp3) is 0.273. The van der Waals surface area contributed by atoms with Crippen LogP contribution in [0, 0.1) is 0 Å². The zero-order chi connectivity index (χ0) is 13.0. The largest absolute Gasteiger partial charge is 0.480 e. The summed E-state index contributed by atoms with van der Waals surface area (Å²) < 4.78 is 0. The van der Waals surface area contributed by atoms with Crippen molar-refractivity contribution in [3.63, 3.8) is 0 Å². The van der Waals surface area contributed by atoms with E-state index in [1.165, 1.54) is 6.92 Å². The third-order valence-corrected chi connectivity index (χ3v) is 2.71. The summed E-state index contributed by atoms with van der Waals surface area (Å²) in [7, 11) is 0. The quantitative estimate of drug-likeness (QED) is 0.885. The maximum absolute atomic E-state index is 10.9. The predicted octanol–water partition coefficient (Wildman–Crippen LogP) is 2.13. The van der Waals surface area contributed by atoms with Crippen LogP contribution in [0.4, 0.5) is 0 Å². The SMILES string of the molecule is CC(=O)N[C@@H](Cc1cc(Cl)ccc1Cl)C(=O)O. The number of halogens is 2. The normalized spacial score (nSPS) is 11.9. The topological polar surface area (TPSA) is 66.4 Å². The summed E-state index contributed by atoms with van der Waals surface area (Å²) in [5.41, 5.74) is 0.584. The molecule has 0 unspecified atom stereocenters. The molecule has 2 N–H and O–H groups in total. The monoisotopic (exact) mass is 275 g/mol. The average Bonchev–Trinajstić information content (AvgIpc) is 2.21. The lowest BCUT2D eigenvalue weighted by Gasteiger charge is -2.14. The summed E-state index contributed by atoms with van der Waals surface area (Å²) >= 11 is 11.7.